The molecule has 0 saturated carbocycles. The summed E-state index contributed by atoms with van der Waals surface area (Å²) in [6.07, 6.45) is 0. The van der Waals surface area contributed by atoms with E-state index in [9.17, 15) is 0 Å². The Morgan fingerprint density at radius 2 is 1.25 bits per heavy atom. The van der Waals surface area contributed by atoms with Crippen molar-refractivity contribution in [2.24, 2.45) is 0 Å². The van der Waals surface area contributed by atoms with Gasteiger partial charge in [-0.05, 0) is 13.8 Å². The number of hydrogen-bond acceptors (Lipinski definition) is 4. The van der Waals surface area contributed by atoms with E-state index in [1.807, 2.05) is 13.8 Å². The SMILES string of the molecule is CCOCC.OCCOCCO. The number of hydrogen-bond donors (Lipinski definition) is 2. The van der Waals surface area contributed by atoms with Crippen LogP contribution in [-0.4, -0.2) is 49.9 Å². The van der Waals surface area contributed by atoms with E-state index in [-0.39, 0.29) is 13.2 Å². The van der Waals surface area contributed by atoms with Gasteiger partial charge in [-0.15, -0.1) is 0 Å². The third-order valence-electron chi connectivity index (χ3n) is 0.879. The maximum absolute atomic E-state index is 8.09. The third-order valence-corrected chi connectivity index (χ3v) is 0.879. The Balaban J connectivity index is 0. The van der Waals surface area contributed by atoms with E-state index < -0.39 is 0 Å². The van der Waals surface area contributed by atoms with Gasteiger partial charge < -0.3 is 19.7 Å². The largest absolute Gasteiger partial charge is 0.394 e. The summed E-state index contributed by atoms with van der Waals surface area (Å²) in [6, 6.07) is 0. The summed E-state index contributed by atoms with van der Waals surface area (Å²) in [7, 11) is 0. The molecule has 2 N–H and O–H groups in total. The van der Waals surface area contributed by atoms with Crippen molar-refractivity contribution in [3.05, 3.63) is 0 Å². The quantitative estimate of drug-likeness (QED) is 0.566. The highest BCUT2D eigenvalue weighted by Crippen LogP contribution is 1.68. The molecule has 0 fully saturated rings. The molecule has 0 aliphatic heterocycles. The number of aliphatic hydroxyl groups excluding tert-OH is 2. The summed E-state index contributed by atoms with van der Waals surface area (Å²) in [5, 5.41) is 16.2. The van der Waals surface area contributed by atoms with Crippen LogP contribution in [0, 0.1) is 0 Å². The van der Waals surface area contributed by atoms with Gasteiger partial charge in [0.1, 0.15) is 0 Å². The Morgan fingerprint density at radius 3 is 1.42 bits per heavy atom. The van der Waals surface area contributed by atoms with Crippen LogP contribution in [0.15, 0.2) is 0 Å². The molecule has 0 aromatic carbocycles. The molecule has 4 nitrogen and oxygen atoms in total. The van der Waals surface area contributed by atoms with Crippen molar-refractivity contribution in [3.8, 4) is 0 Å². The Labute approximate surface area is 74.1 Å². The molecule has 12 heavy (non-hydrogen) atoms. The second-order valence-corrected chi connectivity index (χ2v) is 1.84. The molecule has 0 saturated heterocycles. The normalized spacial score (nSPS) is 9.00. The molecule has 0 aliphatic rings. The minimum Gasteiger partial charge on any atom is -0.394 e. The summed E-state index contributed by atoms with van der Waals surface area (Å²) in [5.74, 6) is 0. The maximum atomic E-state index is 8.09. The fraction of sp³-hybridized carbons (Fsp3) is 1.00. The van der Waals surface area contributed by atoms with Crippen molar-refractivity contribution >= 4 is 0 Å². The van der Waals surface area contributed by atoms with E-state index >= 15 is 0 Å². The van der Waals surface area contributed by atoms with Crippen LogP contribution in [0.5, 0.6) is 0 Å². The lowest BCUT2D eigenvalue weighted by Crippen LogP contribution is -2.03. The molecule has 0 amide bonds. The van der Waals surface area contributed by atoms with Crippen LogP contribution < -0.4 is 0 Å². The van der Waals surface area contributed by atoms with Gasteiger partial charge in [0, 0.05) is 13.2 Å². The number of rotatable bonds is 6. The van der Waals surface area contributed by atoms with Crippen LogP contribution >= 0.6 is 0 Å². The Bertz CT molecular complexity index is 53.0. The first-order valence-corrected chi connectivity index (χ1v) is 4.20. The van der Waals surface area contributed by atoms with Gasteiger partial charge in [0.05, 0.1) is 26.4 Å². The maximum Gasteiger partial charge on any atom is 0.0698 e. The fourth-order valence-corrected chi connectivity index (χ4v) is 0.435. The van der Waals surface area contributed by atoms with Gasteiger partial charge in [0.25, 0.3) is 0 Å². The molecule has 0 aromatic heterocycles. The Hall–Kier alpha value is -0.160. The summed E-state index contributed by atoms with van der Waals surface area (Å²) in [6.45, 7) is 6.36. The fourth-order valence-electron chi connectivity index (χ4n) is 0.435. The van der Waals surface area contributed by atoms with Gasteiger partial charge in [-0.1, -0.05) is 0 Å². The lowest BCUT2D eigenvalue weighted by molar-refractivity contribution is 0.0650. The molecular formula is C8H20O4. The van der Waals surface area contributed by atoms with Crippen LogP contribution in [0.25, 0.3) is 0 Å². The summed E-state index contributed by atoms with van der Waals surface area (Å²) >= 11 is 0. The molecule has 0 aliphatic carbocycles. The van der Waals surface area contributed by atoms with E-state index in [0.717, 1.165) is 13.2 Å². The van der Waals surface area contributed by atoms with E-state index in [2.05, 4.69) is 4.74 Å². The molecule has 4 heteroatoms. The smallest absolute Gasteiger partial charge is 0.0698 e. The Kier molecular flexibility index (Phi) is 20.4. The topological polar surface area (TPSA) is 58.9 Å². The van der Waals surface area contributed by atoms with Crippen LogP contribution in [0.4, 0.5) is 0 Å². The van der Waals surface area contributed by atoms with E-state index in [1.165, 1.54) is 0 Å². The minimum atomic E-state index is 0.0278. The van der Waals surface area contributed by atoms with Crippen molar-refractivity contribution in [3.63, 3.8) is 0 Å². The van der Waals surface area contributed by atoms with E-state index in [0.29, 0.717) is 13.2 Å². The summed E-state index contributed by atoms with van der Waals surface area (Å²) in [4.78, 5) is 0. The van der Waals surface area contributed by atoms with Gasteiger partial charge >= 0.3 is 0 Å². The molecule has 76 valence electrons. The average Bonchev–Trinajstić information content (AvgIpc) is 2.08. The lowest BCUT2D eigenvalue weighted by atomic mass is 10.7. The zero-order valence-corrected chi connectivity index (χ0v) is 7.95. The van der Waals surface area contributed by atoms with Crippen LogP contribution in [-0.2, 0) is 9.47 Å². The molecule has 0 rings (SSSR count). The highest BCUT2D eigenvalue weighted by molar-refractivity contribution is 4.24. The van der Waals surface area contributed by atoms with E-state index in [1.54, 1.807) is 0 Å². The predicted molar refractivity (Wildman–Crippen MR) is 47.2 cm³/mol. The zero-order valence-electron chi connectivity index (χ0n) is 7.95. The molecule has 0 unspecified atom stereocenters. The van der Waals surface area contributed by atoms with Crippen LogP contribution in [0.3, 0.4) is 0 Å². The van der Waals surface area contributed by atoms with Gasteiger partial charge in [-0.2, -0.15) is 0 Å². The van der Waals surface area contributed by atoms with Gasteiger partial charge in [-0.25, -0.2) is 0 Å². The second-order valence-electron chi connectivity index (χ2n) is 1.84. The van der Waals surface area contributed by atoms with Crippen molar-refractivity contribution < 1.29 is 19.7 Å². The molecule has 0 spiro atoms. The average molecular weight is 180 g/mol. The predicted octanol–water partition coefficient (Wildman–Crippen LogP) is 0.0304. The monoisotopic (exact) mass is 180 g/mol. The van der Waals surface area contributed by atoms with Crippen molar-refractivity contribution in [2.45, 2.75) is 13.8 Å². The minimum absolute atomic E-state index is 0.0278. The third kappa shape index (κ3) is 22.5. The molecule has 0 radical (unpaired) electrons. The molecule has 0 aromatic rings. The van der Waals surface area contributed by atoms with Gasteiger partial charge in [-0.3, -0.25) is 0 Å². The van der Waals surface area contributed by atoms with E-state index in [4.69, 9.17) is 14.9 Å². The van der Waals surface area contributed by atoms with Crippen LogP contribution in [0.1, 0.15) is 13.8 Å². The van der Waals surface area contributed by atoms with Crippen LogP contribution in [0.2, 0.25) is 0 Å². The second kappa shape index (κ2) is 17.1. The van der Waals surface area contributed by atoms with Crippen molar-refractivity contribution in [1.82, 2.24) is 0 Å². The lowest BCUT2D eigenvalue weighted by Gasteiger charge is -1.94. The standard InChI is InChI=1S/C4H10O3.C4H10O/c5-1-3-7-4-2-6;1-3-5-4-2/h5-6H,1-4H2;3-4H2,1-2H3. The first-order chi connectivity index (χ1) is 5.83. The van der Waals surface area contributed by atoms with Crippen molar-refractivity contribution in [1.29, 1.82) is 0 Å². The highest BCUT2D eigenvalue weighted by atomic mass is 16.5. The van der Waals surface area contributed by atoms with Crippen molar-refractivity contribution in [2.75, 3.05) is 39.6 Å². The number of ether oxygens (including phenoxy) is 2. The summed E-state index contributed by atoms with van der Waals surface area (Å²) in [5.41, 5.74) is 0. The Morgan fingerprint density at radius 1 is 0.833 bits per heavy atom. The first kappa shape index (κ1) is 14.4. The zero-order chi connectivity index (χ0) is 9.66. The first-order valence-electron chi connectivity index (χ1n) is 4.20. The highest BCUT2D eigenvalue weighted by Gasteiger charge is 1.79. The molecular weight excluding hydrogens is 160 g/mol. The molecule has 0 atom stereocenters. The molecule has 0 bridgehead atoms. The molecule has 0 heterocycles. The van der Waals surface area contributed by atoms with Gasteiger partial charge in [0.2, 0.25) is 0 Å². The summed E-state index contributed by atoms with van der Waals surface area (Å²) < 4.78 is 9.47. The van der Waals surface area contributed by atoms with Gasteiger partial charge in [0.15, 0.2) is 0 Å². The number of aliphatic hydroxyl groups is 2.